The van der Waals surface area contributed by atoms with Gasteiger partial charge < -0.3 is 14.3 Å². The molecule has 1 aliphatic carbocycles. The molecule has 4 atom stereocenters. The van der Waals surface area contributed by atoms with E-state index in [0.29, 0.717) is 0 Å². The summed E-state index contributed by atoms with van der Waals surface area (Å²) < 4.78 is 10.6. The monoisotopic (exact) mass is 250 g/mol. The number of alkyl halides is 1. The fourth-order valence-corrected chi connectivity index (χ4v) is 2.86. The van der Waals surface area contributed by atoms with Crippen molar-refractivity contribution in [1.29, 1.82) is 0 Å². The second-order valence-corrected chi connectivity index (χ2v) is 4.53. The largest absolute Gasteiger partial charge is 0.379 e. The van der Waals surface area contributed by atoms with E-state index in [4.69, 9.17) is 9.47 Å². The number of ether oxygens (including phenoxy) is 2. The molecule has 0 saturated heterocycles. The van der Waals surface area contributed by atoms with Gasteiger partial charge >= 0.3 is 0 Å². The van der Waals surface area contributed by atoms with Gasteiger partial charge in [-0.25, -0.2) is 0 Å². The Hall–Kier alpha value is 0.0700. The van der Waals surface area contributed by atoms with Crippen molar-refractivity contribution in [1.82, 2.24) is 0 Å². The van der Waals surface area contributed by atoms with E-state index in [1.54, 1.807) is 14.2 Å². The minimum absolute atomic E-state index is 0.0262. The van der Waals surface area contributed by atoms with Crippen molar-refractivity contribution in [2.24, 2.45) is 5.92 Å². The number of rotatable bonds is 3. The topological polar surface area (TPSA) is 35.5 Å². The summed E-state index contributed by atoms with van der Waals surface area (Å²) in [4.78, 5) is 10.9. The van der Waals surface area contributed by atoms with Crippen molar-refractivity contribution in [3.63, 3.8) is 0 Å². The van der Waals surface area contributed by atoms with E-state index in [9.17, 15) is 4.79 Å². The highest BCUT2D eigenvalue weighted by atomic mass is 79.9. The first kappa shape index (κ1) is 11.1. The third-order valence-electron chi connectivity index (χ3n) is 2.55. The molecule has 1 saturated carbocycles. The average Bonchev–Trinajstić information content (AvgIpc) is 2.16. The molecule has 0 N–H and O–H groups in total. The fraction of sp³-hybridized carbons (Fsp3) is 0.889. The molecule has 1 rings (SSSR count). The summed E-state index contributed by atoms with van der Waals surface area (Å²) >= 11 is 3.51. The Labute approximate surface area is 86.9 Å². The average molecular weight is 251 g/mol. The minimum atomic E-state index is 0.0262. The summed E-state index contributed by atoms with van der Waals surface area (Å²) in [5.41, 5.74) is 0. The van der Waals surface area contributed by atoms with Crippen LogP contribution in [0.25, 0.3) is 0 Å². The van der Waals surface area contributed by atoms with Crippen LogP contribution in [0.4, 0.5) is 0 Å². The smallest absolute Gasteiger partial charge is 0.123 e. The first-order chi connectivity index (χ1) is 6.22. The van der Waals surface area contributed by atoms with Crippen LogP contribution in [0, 0.1) is 5.92 Å². The minimum Gasteiger partial charge on any atom is -0.379 e. The molecule has 0 aliphatic heterocycles. The van der Waals surface area contributed by atoms with Gasteiger partial charge in [-0.1, -0.05) is 15.9 Å². The van der Waals surface area contributed by atoms with Crippen LogP contribution in [0.3, 0.4) is 0 Å². The Bertz CT molecular complexity index is 174. The van der Waals surface area contributed by atoms with E-state index < -0.39 is 0 Å². The summed E-state index contributed by atoms with van der Waals surface area (Å²) in [6.07, 6.45) is 2.69. The molecule has 13 heavy (non-hydrogen) atoms. The third kappa shape index (κ3) is 2.51. The molecule has 76 valence electrons. The summed E-state index contributed by atoms with van der Waals surface area (Å²) in [7, 11) is 3.33. The molecular weight excluding hydrogens is 236 g/mol. The van der Waals surface area contributed by atoms with Gasteiger partial charge in [0.25, 0.3) is 0 Å². The van der Waals surface area contributed by atoms with Gasteiger partial charge in [-0.2, -0.15) is 0 Å². The first-order valence-electron chi connectivity index (χ1n) is 4.37. The van der Waals surface area contributed by atoms with Gasteiger partial charge in [-0.3, -0.25) is 0 Å². The predicted octanol–water partition coefficient (Wildman–Crippen LogP) is 1.39. The molecule has 0 aromatic carbocycles. The van der Waals surface area contributed by atoms with E-state index in [1.165, 1.54) is 0 Å². The zero-order valence-electron chi connectivity index (χ0n) is 7.90. The van der Waals surface area contributed by atoms with E-state index >= 15 is 0 Å². The molecule has 3 nitrogen and oxygen atoms in total. The molecule has 4 unspecified atom stereocenters. The molecule has 0 amide bonds. The van der Waals surface area contributed by atoms with Crippen LogP contribution >= 0.6 is 15.9 Å². The number of carbonyl (C=O) groups is 1. The normalized spacial score (nSPS) is 40.2. The maximum atomic E-state index is 10.6. The Kier molecular flexibility index (Phi) is 4.35. The van der Waals surface area contributed by atoms with Gasteiger partial charge in [0.2, 0.25) is 0 Å². The van der Waals surface area contributed by atoms with Crippen molar-refractivity contribution in [3.8, 4) is 0 Å². The Morgan fingerprint density at radius 2 is 2.00 bits per heavy atom. The molecule has 0 bridgehead atoms. The van der Waals surface area contributed by atoms with E-state index in [-0.39, 0.29) is 23.0 Å². The highest BCUT2D eigenvalue weighted by Crippen LogP contribution is 2.31. The number of halogens is 1. The summed E-state index contributed by atoms with van der Waals surface area (Å²) in [6.45, 7) is 0. The molecule has 0 spiro atoms. The third-order valence-corrected chi connectivity index (χ3v) is 3.45. The fourth-order valence-electron chi connectivity index (χ4n) is 1.83. The molecule has 1 aliphatic rings. The summed E-state index contributed by atoms with van der Waals surface area (Å²) in [6, 6.07) is 0. The van der Waals surface area contributed by atoms with Gasteiger partial charge in [0, 0.05) is 25.0 Å². The van der Waals surface area contributed by atoms with Crippen LogP contribution in [0.15, 0.2) is 0 Å². The van der Waals surface area contributed by atoms with Gasteiger partial charge in [0.15, 0.2) is 0 Å². The van der Waals surface area contributed by atoms with E-state index in [2.05, 4.69) is 15.9 Å². The number of methoxy groups -OCH3 is 2. The van der Waals surface area contributed by atoms with Crippen LogP contribution in [-0.2, 0) is 14.3 Å². The van der Waals surface area contributed by atoms with Crippen LogP contribution < -0.4 is 0 Å². The standard InChI is InChI=1S/C9H15BrO3/c1-12-8-4-6(5-11)3-7(10)9(8)13-2/h5-9H,3-4H2,1-2H3. The zero-order chi connectivity index (χ0) is 9.84. The van der Waals surface area contributed by atoms with Gasteiger partial charge in [-0.05, 0) is 12.8 Å². The van der Waals surface area contributed by atoms with Crippen LogP contribution in [0.5, 0.6) is 0 Å². The lowest BCUT2D eigenvalue weighted by molar-refractivity contribution is -0.117. The number of carbonyl (C=O) groups excluding carboxylic acids is 1. The first-order valence-corrected chi connectivity index (χ1v) is 5.29. The lowest BCUT2D eigenvalue weighted by atomic mass is 9.86. The molecule has 1 fully saturated rings. The zero-order valence-corrected chi connectivity index (χ0v) is 9.49. The molecule has 0 heterocycles. The molecule has 0 aromatic rings. The second kappa shape index (κ2) is 5.08. The van der Waals surface area contributed by atoms with Crippen LogP contribution in [0.1, 0.15) is 12.8 Å². The highest BCUT2D eigenvalue weighted by Gasteiger charge is 2.36. The molecular formula is C9H15BrO3. The molecule has 0 aromatic heterocycles. The maximum Gasteiger partial charge on any atom is 0.123 e. The second-order valence-electron chi connectivity index (χ2n) is 3.36. The quantitative estimate of drug-likeness (QED) is 0.561. The Morgan fingerprint density at radius 3 is 2.46 bits per heavy atom. The Morgan fingerprint density at radius 1 is 1.31 bits per heavy atom. The van der Waals surface area contributed by atoms with Crippen molar-refractivity contribution < 1.29 is 14.3 Å². The van der Waals surface area contributed by atoms with Crippen molar-refractivity contribution in [2.75, 3.05) is 14.2 Å². The maximum absolute atomic E-state index is 10.6. The van der Waals surface area contributed by atoms with E-state index in [0.717, 1.165) is 19.1 Å². The summed E-state index contributed by atoms with van der Waals surface area (Å²) in [5, 5.41) is 0. The van der Waals surface area contributed by atoms with Gasteiger partial charge in [-0.15, -0.1) is 0 Å². The van der Waals surface area contributed by atoms with Crippen molar-refractivity contribution >= 4 is 22.2 Å². The van der Waals surface area contributed by atoms with Gasteiger partial charge in [0.1, 0.15) is 6.29 Å². The SMILES string of the molecule is COC1CC(C=O)CC(Br)C1OC. The number of hydrogen-bond acceptors (Lipinski definition) is 3. The van der Waals surface area contributed by atoms with Crippen LogP contribution in [-0.4, -0.2) is 37.5 Å². The van der Waals surface area contributed by atoms with Crippen molar-refractivity contribution in [2.45, 2.75) is 29.9 Å². The van der Waals surface area contributed by atoms with Gasteiger partial charge in [0.05, 0.1) is 12.2 Å². The Balaban J connectivity index is 2.62. The lowest BCUT2D eigenvalue weighted by Gasteiger charge is -2.35. The molecule has 4 heteroatoms. The lowest BCUT2D eigenvalue weighted by Crippen LogP contribution is -2.44. The summed E-state index contributed by atoms with van der Waals surface area (Å²) in [5.74, 6) is 0.0979. The number of aldehydes is 1. The predicted molar refractivity (Wildman–Crippen MR) is 53.1 cm³/mol. The van der Waals surface area contributed by atoms with Crippen LogP contribution in [0.2, 0.25) is 0 Å². The van der Waals surface area contributed by atoms with Crippen molar-refractivity contribution in [3.05, 3.63) is 0 Å². The highest BCUT2D eigenvalue weighted by molar-refractivity contribution is 9.09. The molecule has 0 radical (unpaired) electrons. The number of hydrogen-bond donors (Lipinski definition) is 0. The van der Waals surface area contributed by atoms with E-state index in [1.807, 2.05) is 0 Å².